The Morgan fingerprint density at radius 1 is 0.826 bits per heavy atom. The van der Waals surface area contributed by atoms with Gasteiger partial charge in [-0.2, -0.15) is 4.98 Å². The van der Waals surface area contributed by atoms with Crippen LogP contribution in [0.5, 0.6) is 0 Å². The summed E-state index contributed by atoms with van der Waals surface area (Å²) in [5, 5.41) is 3.39. The van der Waals surface area contributed by atoms with E-state index in [-0.39, 0.29) is 0 Å². The Labute approximate surface area is 134 Å². The zero-order chi connectivity index (χ0) is 15.5. The van der Waals surface area contributed by atoms with Crippen molar-refractivity contribution in [3.05, 3.63) is 84.6 Å². The minimum Gasteiger partial charge on any atom is -0.326 e. The molecule has 4 rings (SSSR count). The lowest BCUT2D eigenvalue weighted by Crippen LogP contribution is -2.05. The number of nitrogens with zero attached hydrogens (tertiary/aromatic N) is 3. The Balaban J connectivity index is 1.78. The second-order valence-electron chi connectivity index (χ2n) is 5.34. The van der Waals surface area contributed by atoms with Crippen LogP contribution >= 0.6 is 0 Å². The first-order chi connectivity index (χ1) is 11.4. The second kappa shape index (κ2) is 5.93. The monoisotopic (exact) mass is 300 g/mol. The summed E-state index contributed by atoms with van der Waals surface area (Å²) in [5.41, 5.74) is 4.01. The number of pyridine rings is 1. The molecule has 0 atom stereocenters. The third kappa shape index (κ3) is 2.79. The smallest absolute Gasteiger partial charge is 0.210 e. The van der Waals surface area contributed by atoms with Crippen molar-refractivity contribution >= 4 is 22.8 Å². The highest BCUT2D eigenvalue weighted by Gasteiger charge is 2.11. The Morgan fingerprint density at radius 2 is 1.57 bits per heavy atom. The maximum absolute atomic E-state index is 4.64. The molecule has 0 unspecified atom stereocenters. The number of nitrogens with one attached hydrogen (secondary N) is 1. The number of aromatic nitrogens is 3. The number of anilines is 2. The largest absolute Gasteiger partial charge is 0.326 e. The average molecular weight is 300 g/mol. The minimum atomic E-state index is 0.748. The minimum absolute atomic E-state index is 0.748. The van der Waals surface area contributed by atoms with E-state index in [0.717, 1.165) is 29.3 Å². The number of para-hydroxylation sites is 1. The molecule has 0 spiro atoms. The van der Waals surface area contributed by atoms with E-state index in [9.17, 15) is 0 Å². The lowest BCUT2D eigenvalue weighted by molar-refractivity contribution is 0.835. The number of hydrogen-bond donors (Lipinski definition) is 1. The van der Waals surface area contributed by atoms with Crippen molar-refractivity contribution in [1.82, 2.24) is 14.5 Å². The highest BCUT2D eigenvalue weighted by Crippen LogP contribution is 2.22. The van der Waals surface area contributed by atoms with Crippen LogP contribution in [-0.2, 0) is 6.54 Å². The standard InChI is InChI=1S/C19H16N4/c1-3-8-15(9-4-1)14-23-17-12-7-13-20-18(17)22-19(23)21-16-10-5-2-6-11-16/h1-13H,14H2,(H,20,21,22). The fraction of sp³-hybridized carbons (Fsp3) is 0.0526. The average Bonchev–Trinajstić information content (AvgIpc) is 2.94. The molecular formula is C19H16N4. The molecule has 23 heavy (non-hydrogen) atoms. The Kier molecular flexibility index (Phi) is 3.48. The van der Waals surface area contributed by atoms with Crippen molar-refractivity contribution in [3.63, 3.8) is 0 Å². The van der Waals surface area contributed by atoms with Crippen molar-refractivity contribution in [3.8, 4) is 0 Å². The van der Waals surface area contributed by atoms with Gasteiger partial charge in [0.2, 0.25) is 5.95 Å². The van der Waals surface area contributed by atoms with Crippen LogP contribution < -0.4 is 5.32 Å². The molecule has 2 aromatic carbocycles. The molecule has 4 aromatic rings. The van der Waals surface area contributed by atoms with Crippen LogP contribution in [0.25, 0.3) is 11.2 Å². The molecule has 0 aliphatic heterocycles. The van der Waals surface area contributed by atoms with Gasteiger partial charge in [-0.3, -0.25) is 0 Å². The molecule has 112 valence electrons. The van der Waals surface area contributed by atoms with Gasteiger partial charge in [-0.25, -0.2) is 4.98 Å². The lowest BCUT2D eigenvalue weighted by atomic mass is 10.2. The molecule has 0 amide bonds. The van der Waals surface area contributed by atoms with Gasteiger partial charge >= 0.3 is 0 Å². The van der Waals surface area contributed by atoms with E-state index in [4.69, 9.17) is 0 Å². The zero-order valence-corrected chi connectivity index (χ0v) is 12.6. The molecular weight excluding hydrogens is 284 g/mol. The first kappa shape index (κ1) is 13.5. The summed E-state index contributed by atoms with van der Waals surface area (Å²) < 4.78 is 2.16. The molecule has 0 radical (unpaired) electrons. The molecule has 2 aromatic heterocycles. The third-order valence-corrected chi connectivity index (χ3v) is 3.74. The Bertz CT molecular complexity index is 914. The van der Waals surface area contributed by atoms with Crippen LogP contribution in [0.3, 0.4) is 0 Å². The number of imidazole rings is 1. The molecule has 0 aliphatic rings. The lowest BCUT2D eigenvalue weighted by Gasteiger charge is -2.11. The van der Waals surface area contributed by atoms with Gasteiger partial charge in [0.1, 0.15) is 0 Å². The van der Waals surface area contributed by atoms with E-state index in [2.05, 4.69) is 50.2 Å². The molecule has 4 nitrogen and oxygen atoms in total. The SMILES string of the molecule is c1ccc(Cn2c(Nc3ccccc3)nc3ncccc32)cc1. The van der Waals surface area contributed by atoms with Gasteiger partial charge < -0.3 is 9.88 Å². The topological polar surface area (TPSA) is 42.7 Å². The van der Waals surface area contributed by atoms with Gasteiger partial charge in [0, 0.05) is 11.9 Å². The maximum atomic E-state index is 4.64. The van der Waals surface area contributed by atoms with Crippen LogP contribution in [0.2, 0.25) is 0 Å². The van der Waals surface area contributed by atoms with Gasteiger partial charge in [-0.05, 0) is 29.8 Å². The number of hydrogen-bond acceptors (Lipinski definition) is 3. The third-order valence-electron chi connectivity index (χ3n) is 3.74. The van der Waals surface area contributed by atoms with Crippen LogP contribution in [0.4, 0.5) is 11.6 Å². The van der Waals surface area contributed by atoms with E-state index in [1.54, 1.807) is 6.20 Å². The van der Waals surface area contributed by atoms with Crippen molar-refractivity contribution in [1.29, 1.82) is 0 Å². The van der Waals surface area contributed by atoms with E-state index in [0.29, 0.717) is 0 Å². The van der Waals surface area contributed by atoms with Crippen molar-refractivity contribution in [2.24, 2.45) is 0 Å². The zero-order valence-electron chi connectivity index (χ0n) is 12.6. The van der Waals surface area contributed by atoms with Gasteiger partial charge in [0.05, 0.1) is 12.1 Å². The first-order valence-corrected chi connectivity index (χ1v) is 7.57. The molecule has 0 saturated heterocycles. The molecule has 4 heteroatoms. The van der Waals surface area contributed by atoms with E-state index in [1.165, 1.54) is 5.56 Å². The summed E-state index contributed by atoms with van der Waals surface area (Å²) in [6, 6.07) is 24.4. The Hall–Kier alpha value is -3.14. The predicted octanol–water partition coefficient (Wildman–Crippen LogP) is 4.22. The predicted molar refractivity (Wildman–Crippen MR) is 92.8 cm³/mol. The van der Waals surface area contributed by atoms with E-state index in [1.807, 2.05) is 42.5 Å². The normalized spacial score (nSPS) is 10.8. The molecule has 1 N–H and O–H groups in total. The summed E-state index contributed by atoms with van der Waals surface area (Å²) in [4.78, 5) is 9.02. The van der Waals surface area contributed by atoms with Crippen molar-refractivity contribution in [2.75, 3.05) is 5.32 Å². The first-order valence-electron chi connectivity index (χ1n) is 7.57. The summed E-state index contributed by atoms with van der Waals surface area (Å²) in [7, 11) is 0. The van der Waals surface area contributed by atoms with Crippen molar-refractivity contribution < 1.29 is 0 Å². The summed E-state index contributed by atoms with van der Waals surface area (Å²) in [6.45, 7) is 0.748. The summed E-state index contributed by atoms with van der Waals surface area (Å²) >= 11 is 0. The molecule has 0 bridgehead atoms. The van der Waals surface area contributed by atoms with Gasteiger partial charge in [0.25, 0.3) is 0 Å². The second-order valence-corrected chi connectivity index (χ2v) is 5.34. The molecule has 0 fully saturated rings. The fourth-order valence-corrected chi connectivity index (χ4v) is 2.63. The van der Waals surface area contributed by atoms with Crippen LogP contribution in [0, 0.1) is 0 Å². The Morgan fingerprint density at radius 3 is 2.35 bits per heavy atom. The number of fused-ring (bicyclic) bond motifs is 1. The highest BCUT2D eigenvalue weighted by atomic mass is 15.2. The fourth-order valence-electron chi connectivity index (χ4n) is 2.63. The molecule has 0 saturated carbocycles. The quantitative estimate of drug-likeness (QED) is 0.613. The van der Waals surface area contributed by atoms with E-state index < -0.39 is 0 Å². The molecule has 2 heterocycles. The van der Waals surface area contributed by atoms with E-state index >= 15 is 0 Å². The van der Waals surface area contributed by atoms with Gasteiger partial charge in [-0.1, -0.05) is 48.5 Å². The molecule has 0 aliphatic carbocycles. The summed E-state index contributed by atoms with van der Waals surface area (Å²) in [5.74, 6) is 0.800. The van der Waals surface area contributed by atoms with Crippen LogP contribution in [0.15, 0.2) is 79.0 Å². The highest BCUT2D eigenvalue weighted by molar-refractivity contribution is 5.76. The van der Waals surface area contributed by atoms with Crippen molar-refractivity contribution in [2.45, 2.75) is 6.54 Å². The summed E-state index contributed by atoms with van der Waals surface area (Å²) in [6.07, 6.45) is 1.77. The van der Waals surface area contributed by atoms with Crippen LogP contribution in [-0.4, -0.2) is 14.5 Å². The maximum Gasteiger partial charge on any atom is 0.210 e. The number of benzene rings is 2. The van der Waals surface area contributed by atoms with Gasteiger partial charge in [0.15, 0.2) is 5.65 Å². The van der Waals surface area contributed by atoms with Crippen LogP contribution in [0.1, 0.15) is 5.56 Å². The van der Waals surface area contributed by atoms with Gasteiger partial charge in [-0.15, -0.1) is 0 Å². The number of rotatable bonds is 4.